The van der Waals surface area contributed by atoms with Gasteiger partial charge in [-0.25, -0.2) is 0 Å². The summed E-state index contributed by atoms with van der Waals surface area (Å²) in [6, 6.07) is 2.36. The normalized spacial score (nSPS) is 16.9. The van der Waals surface area contributed by atoms with Crippen molar-refractivity contribution < 1.29 is 18.6 Å². The largest absolute Gasteiger partial charge is 0.505 e. The first-order valence-electron chi connectivity index (χ1n) is 5.02. The van der Waals surface area contributed by atoms with Gasteiger partial charge in [0.05, 0.1) is 6.10 Å². The van der Waals surface area contributed by atoms with E-state index in [4.69, 9.17) is 9.84 Å². The van der Waals surface area contributed by atoms with Gasteiger partial charge in [-0.1, -0.05) is 0 Å². The summed E-state index contributed by atoms with van der Waals surface area (Å²) in [5, 5.41) is 8.91. The van der Waals surface area contributed by atoms with Crippen molar-refractivity contribution >= 4 is 0 Å². The minimum atomic E-state index is -1.24. The molecule has 1 N–H and O–H groups in total. The van der Waals surface area contributed by atoms with Crippen LogP contribution >= 0.6 is 0 Å². The first kappa shape index (κ1) is 10.2. The Kier molecular flexibility index (Phi) is 2.75. The molecule has 1 aromatic rings. The lowest BCUT2D eigenvalue weighted by molar-refractivity contribution is 0.197. The Morgan fingerprint density at radius 3 is 2.47 bits per heavy atom. The fourth-order valence-corrected chi connectivity index (χ4v) is 1.80. The third-order valence-electron chi connectivity index (χ3n) is 2.62. The van der Waals surface area contributed by atoms with E-state index in [-0.39, 0.29) is 11.9 Å². The van der Waals surface area contributed by atoms with Crippen LogP contribution in [0.2, 0.25) is 0 Å². The van der Waals surface area contributed by atoms with Gasteiger partial charge < -0.3 is 9.84 Å². The van der Waals surface area contributed by atoms with E-state index in [1.807, 2.05) is 0 Å². The first-order chi connectivity index (χ1) is 7.18. The smallest absolute Gasteiger partial charge is 0.204 e. The van der Waals surface area contributed by atoms with Gasteiger partial charge in [0.2, 0.25) is 11.6 Å². The third kappa shape index (κ3) is 2.03. The van der Waals surface area contributed by atoms with Crippen LogP contribution in [0.3, 0.4) is 0 Å². The lowest BCUT2D eigenvalue weighted by Crippen LogP contribution is -2.12. The zero-order valence-electron chi connectivity index (χ0n) is 8.17. The van der Waals surface area contributed by atoms with E-state index in [0.717, 1.165) is 31.7 Å². The van der Waals surface area contributed by atoms with Crippen LogP contribution in [-0.4, -0.2) is 11.2 Å². The van der Waals surface area contributed by atoms with Gasteiger partial charge in [-0.15, -0.1) is 0 Å². The van der Waals surface area contributed by atoms with E-state index in [2.05, 4.69) is 0 Å². The van der Waals surface area contributed by atoms with Crippen molar-refractivity contribution in [2.75, 3.05) is 0 Å². The number of rotatable bonds is 2. The Labute approximate surface area is 86.5 Å². The Balaban J connectivity index is 2.17. The monoisotopic (exact) mass is 214 g/mol. The Bertz CT molecular complexity index is 360. The number of aromatic hydroxyl groups is 1. The number of halogens is 2. The third-order valence-corrected chi connectivity index (χ3v) is 2.62. The van der Waals surface area contributed by atoms with Crippen molar-refractivity contribution in [3.05, 3.63) is 23.8 Å². The van der Waals surface area contributed by atoms with Gasteiger partial charge in [0.15, 0.2) is 11.5 Å². The highest BCUT2D eigenvalue weighted by atomic mass is 19.2. The van der Waals surface area contributed by atoms with E-state index >= 15 is 0 Å². The minimum Gasteiger partial charge on any atom is -0.505 e. The highest BCUT2D eigenvalue weighted by Gasteiger charge is 2.20. The molecule has 15 heavy (non-hydrogen) atoms. The number of phenolic OH excluding ortho intramolecular Hbond substituents is 1. The molecule has 1 aliphatic carbocycles. The van der Waals surface area contributed by atoms with E-state index in [1.54, 1.807) is 0 Å². The molecule has 0 amide bonds. The predicted octanol–water partition coefficient (Wildman–Crippen LogP) is 2.99. The van der Waals surface area contributed by atoms with Crippen molar-refractivity contribution in [2.24, 2.45) is 0 Å². The molecule has 0 heterocycles. The number of hydrogen-bond acceptors (Lipinski definition) is 2. The van der Waals surface area contributed by atoms with E-state index in [9.17, 15) is 8.78 Å². The van der Waals surface area contributed by atoms with Gasteiger partial charge in [-0.3, -0.25) is 0 Å². The maximum atomic E-state index is 13.3. The van der Waals surface area contributed by atoms with Gasteiger partial charge >= 0.3 is 0 Å². The molecule has 82 valence electrons. The molecule has 0 radical (unpaired) electrons. The van der Waals surface area contributed by atoms with Crippen molar-refractivity contribution in [3.63, 3.8) is 0 Å². The molecular weight excluding hydrogens is 202 g/mol. The fourth-order valence-electron chi connectivity index (χ4n) is 1.80. The molecule has 0 saturated heterocycles. The summed E-state index contributed by atoms with van der Waals surface area (Å²) in [7, 11) is 0. The maximum Gasteiger partial charge on any atom is 0.204 e. The summed E-state index contributed by atoms with van der Waals surface area (Å²) >= 11 is 0. The molecule has 1 saturated carbocycles. The van der Waals surface area contributed by atoms with Crippen molar-refractivity contribution in [1.29, 1.82) is 0 Å². The van der Waals surface area contributed by atoms with E-state index in [1.165, 1.54) is 6.07 Å². The molecule has 0 unspecified atom stereocenters. The summed E-state index contributed by atoms with van der Waals surface area (Å²) in [6.45, 7) is 0. The average Bonchev–Trinajstić information content (AvgIpc) is 2.72. The van der Waals surface area contributed by atoms with Crippen LogP contribution in [0.4, 0.5) is 8.78 Å². The van der Waals surface area contributed by atoms with Gasteiger partial charge in [0.1, 0.15) is 0 Å². The average molecular weight is 214 g/mol. The van der Waals surface area contributed by atoms with Gasteiger partial charge in [0, 0.05) is 0 Å². The topological polar surface area (TPSA) is 29.5 Å². The second kappa shape index (κ2) is 4.04. The molecule has 0 aliphatic heterocycles. The van der Waals surface area contributed by atoms with Crippen LogP contribution in [0, 0.1) is 11.6 Å². The summed E-state index contributed by atoms with van der Waals surface area (Å²) < 4.78 is 31.5. The van der Waals surface area contributed by atoms with Crippen LogP contribution in [0.15, 0.2) is 12.1 Å². The molecule has 0 spiro atoms. The molecular formula is C11H12F2O2. The molecule has 1 fully saturated rings. The molecule has 1 aromatic carbocycles. The maximum absolute atomic E-state index is 13.3. The van der Waals surface area contributed by atoms with Gasteiger partial charge in [-0.2, -0.15) is 8.78 Å². The Morgan fingerprint density at radius 2 is 1.80 bits per heavy atom. The number of ether oxygens (including phenoxy) is 1. The SMILES string of the molecule is Oc1ccc(OC2CCCC2)c(F)c1F. The molecule has 2 rings (SSSR count). The van der Waals surface area contributed by atoms with Crippen LogP contribution < -0.4 is 4.74 Å². The molecule has 2 nitrogen and oxygen atoms in total. The summed E-state index contributed by atoms with van der Waals surface area (Å²) in [5.74, 6) is -3.16. The lowest BCUT2D eigenvalue weighted by Gasteiger charge is -2.13. The molecule has 4 heteroatoms. The van der Waals surface area contributed by atoms with Crippen molar-refractivity contribution in [1.82, 2.24) is 0 Å². The number of benzene rings is 1. The molecule has 0 aromatic heterocycles. The van der Waals surface area contributed by atoms with Gasteiger partial charge in [0.25, 0.3) is 0 Å². The van der Waals surface area contributed by atoms with Crippen molar-refractivity contribution in [2.45, 2.75) is 31.8 Å². The van der Waals surface area contributed by atoms with Crippen LogP contribution in [0.25, 0.3) is 0 Å². The molecule has 0 atom stereocenters. The number of phenols is 1. The highest BCUT2D eigenvalue weighted by Crippen LogP contribution is 2.30. The standard InChI is InChI=1S/C11H12F2O2/c12-10-8(14)5-6-9(11(10)13)15-7-3-1-2-4-7/h5-7,14H,1-4H2. The van der Waals surface area contributed by atoms with Crippen molar-refractivity contribution in [3.8, 4) is 11.5 Å². The lowest BCUT2D eigenvalue weighted by atomic mass is 10.2. The zero-order valence-corrected chi connectivity index (χ0v) is 8.17. The Hall–Kier alpha value is -1.32. The fraction of sp³-hybridized carbons (Fsp3) is 0.455. The molecule has 1 aliphatic rings. The summed E-state index contributed by atoms with van der Waals surface area (Å²) in [6.07, 6.45) is 3.85. The highest BCUT2D eigenvalue weighted by molar-refractivity contribution is 5.34. The van der Waals surface area contributed by atoms with Crippen LogP contribution in [0.1, 0.15) is 25.7 Å². The van der Waals surface area contributed by atoms with Crippen LogP contribution in [0.5, 0.6) is 11.5 Å². The van der Waals surface area contributed by atoms with Gasteiger partial charge in [-0.05, 0) is 37.8 Å². The summed E-state index contributed by atoms with van der Waals surface area (Å²) in [5.41, 5.74) is 0. The Morgan fingerprint density at radius 1 is 1.13 bits per heavy atom. The second-order valence-corrected chi connectivity index (χ2v) is 3.74. The van der Waals surface area contributed by atoms with Crippen LogP contribution in [-0.2, 0) is 0 Å². The van der Waals surface area contributed by atoms with E-state index < -0.39 is 17.4 Å². The second-order valence-electron chi connectivity index (χ2n) is 3.74. The van der Waals surface area contributed by atoms with E-state index in [0.29, 0.717) is 0 Å². The number of hydrogen-bond donors (Lipinski definition) is 1. The quantitative estimate of drug-likeness (QED) is 0.820. The molecule has 0 bridgehead atoms. The summed E-state index contributed by atoms with van der Waals surface area (Å²) in [4.78, 5) is 0. The first-order valence-corrected chi connectivity index (χ1v) is 5.02. The predicted molar refractivity (Wildman–Crippen MR) is 50.9 cm³/mol. The zero-order chi connectivity index (χ0) is 10.8. The minimum absolute atomic E-state index is 0.0246.